The molecule has 1 aromatic rings. The van der Waals surface area contributed by atoms with Gasteiger partial charge in [0.15, 0.2) is 17.5 Å². The Morgan fingerprint density at radius 1 is 0.960 bits per heavy atom. The summed E-state index contributed by atoms with van der Waals surface area (Å²) in [4.78, 5) is 0. The summed E-state index contributed by atoms with van der Waals surface area (Å²) in [5, 5.41) is 0. The van der Waals surface area contributed by atoms with E-state index in [0.29, 0.717) is 11.5 Å². The van der Waals surface area contributed by atoms with E-state index in [1.54, 1.807) is 0 Å². The summed E-state index contributed by atoms with van der Waals surface area (Å²) < 4.78 is 40.8. The number of hydrogen-bond acceptors (Lipinski definition) is 0. The molecule has 0 N–H and O–H groups in total. The fourth-order valence-corrected chi connectivity index (χ4v) is 4.90. The first-order valence-corrected chi connectivity index (χ1v) is 9.84. The molecule has 1 saturated carbocycles. The predicted octanol–water partition coefficient (Wildman–Crippen LogP) is 7.20. The van der Waals surface area contributed by atoms with E-state index in [9.17, 15) is 13.2 Å². The lowest BCUT2D eigenvalue weighted by molar-refractivity contribution is 0.189. The van der Waals surface area contributed by atoms with Gasteiger partial charge in [0.05, 0.1) is 0 Å². The first kappa shape index (κ1) is 18.5. The average Bonchev–Trinajstić information content (AvgIpc) is 2.64. The first-order chi connectivity index (χ1) is 12.0. The van der Waals surface area contributed by atoms with Gasteiger partial charge in [0.1, 0.15) is 0 Å². The normalized spacial score (nSPS) is 27.2. The van der Waals surface area contributed by atoms with Gasteiger partial charge < -0.3 is 0 Å². The Morgan fingerprint density at radius 2 is 1.68 bits per heavy atom. The molecule has 0 saturated heterocycles. The van der Waals surface area contributed by atoms with Crippen molar-refractivity contribution in [2.45, 2.75) is 71.6 Å². The van der Waals surface area contributed by atoms with Crippen LogP contribution in [0.25, 0.3) is 5.57 Å². The van der Waals surface area contributed by atoms with E-state index in [2.05, 4.69) is 13.0 Å². The fourth-order valence-electron chi connectivity index (χ4n) is 4.90. The minimum absolute atomic E-state index is 0.226. The van der Waals surface area contributed by atoms with E-state index in [0.717, 1.165) is 42.7 Å². The summed E-state index contributed by atoms with van der Waals surface area (Å²) in [6.07, 6.45) is 13.1. The lowest BCUT2D eigenvalue weighted by Crippen LogP contribution is -2.23. The molecule has 138 valence electrons. The van der Waals surface area contributed by atoms with Gasteiger partial charge >= 0.3 is 0 Å². The van der Waals surface area contributed by atoms with Crippen LogP contribution in [0, 0.1) is 42.1 Å². The van der Waals surface area contributed by atoms with Gasteiger partial charge in [-0.3, -0.25) is 0 Å². The third-order valence-corrected chi connectivity index (χ3v) is 6.46. The van der Waals surface area contributed by atoms with Crippen LogP contribution in [-0.2, 0) is 0 Å². The van der Waals surface area contributed by atoms with Crippen LogP contribution >= 0.6 is 0 Å². The van der Waals surface area contributed by atoms with E-state index in [1.807, 2.05) is 0 Å². The number of rotatable bonds is 4. The van der Waals surface area contributed by atoms with Gasteiger partial charge in [-0.15, -0.1) is 0 Å². The molecule has 1 fully saturated rings. The zero-order valence-corrected chi connectivity index (χ0v) is 15.4. The van der Waals surface area contributed by atoms with Crippen molar-refractivity contribution in [2.24, 2.45) is 17.8 Å². The highest BCUT2D eigenvalue weighted by Crippen LogP contribution is 2.42. The molecule has 0 bridgehead atoms. The highest BCUT2D eigenvalue weighted by Gasteiger charge is 2.29. The van der Waals surface area contributed by atoms with Crippen LogP contribution in [0.5, 0.6) is 0 Å². The van der Waals surface area contributed by atoms with Gasteiger partial charge in [-0.2, -0.15) is 0 Å². The Balaban J connectivity index is 1.66. The zero-order valence-electron chi connectivity index (χ0n) is 15.4. The van der Waals surface area contributed by atoms with Crippen molar-refractivity contribution >= 4 is 5.57 Å². The SMILES string of the molecule is CCCC1CCC(C2CC=C(c3cc(F)c(F)c(F)c3C)CC2)CC1. The van der Waals surface area contributed by atoms with Crippen molar-refractivity contribution < 1.29 is 13.2 Å². The summed E-state index contributed by atoms with van der Waals surface area (Å²) in [6, 6.07) is 1.16. The van der Waals surface area contributed by atoms with Crippen molar-refractivity contribution in [3.8, 4) is 0 Å². The maximum Gasteiger partial charge on any atom is 0.194 e. The monoisotopic (exact) mass is 350 g/mol. The predicted molar refractivity (Wildman–Crippen MR) is 96.7 cm³/mol. The van der Waals surface area contributed by atoms with Crippen molar-refractivity contribution in [3.05, 3.63) is 40.7 Å². The van der Waals surface area contributed by atoms with Crippen molar-refractivity contribution in [1.29, 1.82) is 0 Å². The van der Waals surface area contributed by atoms with Crippen LogP contribution in [0.3, 0.4) is 0 Å². The summed E-state index contributed by atoms with van der Waals surface area (Å²) in [5.41, 5.74) is 1.75. The molecule has 3 rings (SSSR count). The van der Waals surface area contributed by atoms with Crippen LogP contribution in [0.2, 0.25) is 0 Å². The molecule has 1 unspecified atom stereocenters. The summed E-state index contributed by atoms with van der Waals surface area (Å²) in [6.45, 7) is 3.80. The third kappa shape index (κ3) is 3.96. The molecular weight excluding hydrogens is 321 g/mol. The zero-order chi connectivity index (χ0) is 18.0. The molecule has 2 aliphatic carbocycles. The second-order valence-corrected chi connectivity index (χ2v) is 7.99. The Bertz CT molecular complexity index is 639. The minimum Gasteiger partial charge on any atom is -0.204 e. The molecule has 0 spiro atoms. The smallest absolute Gasteiger partial charge is 0.194 e. The van der Waals surface area contributed by atoms with E-state index in [1.165, 1.54) is 45.4 Å². The second-order valence-electron chi connectivity index (χ2n) is 7.99. The molecule has 0 nitrogen and oxygen atoms in total. The van der Waals surface area contributed by atoms with Crippen molar-refractivity contribution in [2.75, 3.05) is 0 Å². The molecule has 0 radical (unpaired) electrons. The molecule has 2 aliphatic rings. The van der Waals surface area contributed by atoms with Crippen LogP contribution in [0.4, 0.5) is 13.2 Å². The Labute approximate surface area is 149 Å². The average molecular weight is 350 g/mol. The summed E-state index contributed by atoms with van der Waals surface area (Å²) in [7, 11) is 0. The maximum atomic E-state index is 13.8. The van der Waals surface area contributed by atoms with E-state index in [-0.39, 0.29) is 5.56 Å². The summed E-state index contributed by atoms with van der Waals surface area (Å²) >= 11 is 0. The van der Waals surface area contributed by atoms with Gasteiger partial charge in [0.2, 0.25) is 0 Å². The lowest BCUT2D eigenvalue weighted by Gasteiger charge is -2.35. The molecule has 0 aromatic heterocycles. The number of hydrogen-bond donors (Lipinski definition) is 0. The first-order valence-electron chi connectivity index (χ1n) is 9.84. The minimum atomic E-state index is -1.36. The van der Waals surface area contributed by atoms with E-state index < -0.39 is 17.5 Å². The highest BCUT2D eigenvalue weighted by molar-refractivity contribution is 5.69. The maximum absolute atomic E-state index is 13.8. The standard InChI is InChI=1S/C22H29F3/c1-3-4-15-5-7-16(8-6-15)17-9-11-18(12-10-17)19-13-20(23)22(25)21(24)14(19)2/h11,13,15-17H,3-10,12H2,1-2H3. The topological polar surface area (TPSA) is 0 Å². The largest absolute Gasteiger partial charge is 0.204 e. The summed E-state index contributed by atoms with van der Waals surface area (Å²) in [5.74, 6) is -1.08. The molecule has 25 heavy (non-hydrogen) atoms. The molecule has 0 aliphatic heterocycles. The molecule has 1 atom stereocenters. The van der Waals surface area contributed by atoms with Crippen molar-refractivity contribution in [3.63, 3.8) is 0 Å². The van der Waals surface area contributed by atoms with Gasteiger partial charge in [-0.1, -0.05) is 38.7 Å². The highest BCUT2D eigenvalue weighted by atomic mass is 19.2. The molecule has 0 heterocycles. The quantitative estimate of drug-likeness (QED) is 0.504. The van der Waals surface area contributed by atoms with Gasteiger partial charge in [0.25, 0.3) is 0 Å². The molecule has 1 aromatic carbocycles. The van der Waals surface area contributed by atoms with Crippen LogP contribution in [-0.4, -0.2) is 0 Å². The van der Waals surface area contributed by atoms with Gasteiger partial charge in [0, 0.05) is 0 Å². The van der Waals surface area contributed by atoms with Gasteiger partial charge in [-0.05, 0) is 79.5 Å². The van der Waals surface area contributed by atoms with Crippen molar-refractivity contribution in [1.82, 2.24) is 0 Å². The van der Waals surface area contributed by atoms with Crippen LogP contribution < -0.4 is 0 Å². The Kier molecular flexibility index (Phi) is 5.91. The number of allylic oxidation sites excluding steroid dienone is 2. The number of halogens is 3. The van der Waals surface area contributed by atoms with E-state index in [4.69, 9.17) is 0 Å². The molecular formula is C22H29F3. The lowest BCUT2D eigenvalue weighted by atomic mass is 9.70. The molecule has 3 heteroatoms. The Hall–Kier alpha value is -1.25. The number of benzene rings is 1. The van der Waals surface area contributed by atoms with Crippen LogP contribution in [0.1, 0.15) is 75.8 Å². The Morgan fingerprint density at radius 3 is 2.28 bits per heavy atom. The van der Waals surface area contributed by atoms with E-state index >= 15 is 0 Å². The van der Waals surface area contributed by atoms with Crippen LogP contribution in [0.15, 0.2) is 12.1 Å². The van der Waals surface area contributed by atoms with Gasteiger partial charge in [-0.25, -0.2) is 13.2 Å². The molecule has 0 amide bonds. The fraction of sp³-hybridized carbons (Fsp3) is 0.636. The second kappa shape index (κ2) is 7.97. The third-order valence-electron chi connectivity index (χ3n) is 6.46.